The van der Waals surface area contributed by atoms with Crippen LogP contribution in [0.1, 0.15) is 10.4 Å². The lowest BCUT2D eigenvalue weighted by Gasteiger charge is -2.12. The van der Waals surface area contributed by atoms with Crippen LogP contribution >= 0.6 is 0 Å². The number of nitrogens with one attached hydrogen (secondary N) is 1. The molecule has 0 saturated carbocycles. The molecule has 7 nitrogen and oxygen atoms in total. The predicted molar refractivity (Wildman–Crippen MR) is 66.5 cm³/mol. The lowest BCUT2D eigenvalue weighted by Crippen LogP contribution is -2.19. The highest BCUT2D eigenvalue weighted by Gasteiger charge is 2.32. The number of hydrogen-bond donors (Lipinski definition) is 2. The molecule has 0 spiro atoms. The van der Waals surface area contributed by atoms with Gasteiger partial charge in [-0.15, -0.1) is 13.2 Å². The lowest BCUT2D eigenvalue weighted by atomic mass is 10.2. The first-order valence-corrected chi connectivity index (χ1v) is 5.57. The molecule has 3 N–H and O–H groups in total. The van der Waals surface area contributed by atoms with E-state index in [1.165, 1.54) is 11.0 Å². The molecular weight excluding hydrogens is 291 g/mol. The summed E-state index contributed by atoms with van der Waals surface area (Å²) in [5.41, 5.74) is 5.18. The number of carbonyl (C=O) groups is 1. The summed E-state index contributed by atoms with van der Waals surface area (Å²) in [7, 11) is 1.57. The Morgan fingerprint density at radius 3 is 2.67 bits per heavy atom. The number of nitrogen functional groups attached to an aromatic ring is 1. The largest absolute Gasteiger partial charge is 0.573 e. The van der Waals surface area contributed by atoms with Crippen LogP contribution in [0.4, 0.5) is 24.8 Å². The summed E-state index contributed by atoms with van der Waals surface area (Å²) >= 11 is 0. The predicted octanol–water partition coefficient (Wildman–Crippen LogP) is 1.55. The van der Waals surface area contributed by atoms with Gasteiger partial charge < -0.3 is 10.5 Å². The van der Waals surface area contributed by atoms with Crippen molar-refractivity contribution in [3.63, 3.8) is 0 Å². The highest BCUT2D eigenvalue weighted by Crippen LogP contribution is 2.29. The standard InChI is InChI=1S/C11H10F3N5O2/c1-19-10(16-5-17-19)18-9(20)6-2-3-8(7(15)4-6)21-11(12,13)14/h2-5H,15H2,1H3,(H,16,17,18,20). The summed E-state index contributed by atoms with van der Waals surface area (Å²) in [6, 6.07) is 3.20. The third-order valence-electron chi connectivity index (χ3n) is 2.43. The van der Waals surface area contributed by atoms with Crippen LogP contribution < -0.4 is 15.8 Å². The number of alkyl halides is 3. The zero-order valence-electron chi connectivity index (χ0n) is 10.7. The number of hydrogen-bond acceptors (Lipinski definition) is 5. The van der Waals surface area contributed by atoms with Crippen LogP contribution in [-0.2, 0) is 7.05 Å². The Kier molecular flexibility index (Phi) is 3.70. The molecule has 0 unspecified atom stereocenters. The lowest BCUT2D eigenvalue weighted by molar-refractivity contribution is -0.274. The fourth-order valence-electron chi connectivity index (χ4n) is 1.49. The van der Waals surface area contributed by atoms with Crippen molar-refractivity contribution >= 4 is 17.5 Å². The number of anilines is 2. The van der Waals surface area contributed by atoms with Gasteiger partial charge in [-0.2, -0.15) is 10.1 Å². The van der Waals surface area contributed by atoms with Crippen LogP contribution in [0.2, 0.25) is 0 Å². The number of halogens is 3. The summed E-state index contributed by atoms with van der Waals surface area (Å²) in [6.07, 6.45) is -3.61. The van der Waals surface area contributed by atoms with Crippen molar-refractivity contribution in [1.82, 2.24) is 14.8 Å². The number of aromatic nitrogens is 3. The van der Waals surface area contributed by atoms with E-state index >= 15 is 0 Å². The average molecular weight is 301 g/mol. The molecule has 1 aromatic carbocycles. The molecule has 0 saturated heterocycles. The van der Waals surface area contributed by atoms with Crippen molar-refractivity contribution in [3.05, 3.63) is 30.1 Å². The fourth-order valence-corrected chi connectivity index (χ4v) is 1.49. The van der Waals surface area contributed by atoms with Crippen molar-refractivity contribution in [2.24, 2.45) is 7.05 Å². The molecule has 1 heterocycles. The number of nitrogens with zero attached hydrogens (tertiary/aromatic N) is 3. The zero-order chi connectivity index (χ0) is 15.6. The number of benzene rings is 1. The molecule has 0 bridgehead atoms. The normalized spacial score (nSPS) is 11.2. The zero-order valence-corrected chi connectivity index (χ0v) is 10.7. The molecule has 1 aromatic heterocycles. The molecule has 0 fully saturated rings. The van der Waals surface area contributed by atoms with E-state index in [9.17, 15) is 18.0 Å². The van der Waals surface area contributed by atoms with Crippen LogP contribution in [0.15, 0.2) is 24.5 Å². The van der Waals surface area contributed by atoms with Gasteiger partial charge in [0, 0.05) is 12.6 Å². The van der Waals surface area contributed by atoms with Crippen molar-refractivity contribution < 1.29 is 22.7 Å². The SMILES string of the molecule is Cn1ncnc1NC(=O)c1ccc(OC(F)(F)F)c(N)c1. The van der Waals surface area contributed by atoms with Crippen LogP contribution in [0, 0.1) is 0 Å². The van der Waals surface area contributed by atoms with Gasteiger partial charge in [-0.25, -0.2) is 4.68 Å². The van der Waals surface area contributed by atoms with Crippen molar-refractivity contribution in [3.8, 4) is 5.75 Å². The second-order valence-corrected chi connectivity index (χ2v) is 3.96. The number of ether oxygens (including phenoxy) is 1. The molecule has 0 atom stereocenters. The minimum Gasteiger partial charge on any atom is -0.404 e. The summed E-state index contributed by atoms with van der Waals surface area (Å²) in [5, 5.41) is 6.19. The van der Waals surface area contributed by atoms with Crippen LogP contribution in [-0.4, -0.2) is 27.0 Å². The number of amides is 1. The Labute approximate surface area is 116 Å². The average Bonchev–Trinajstić information content (AvgIpc) is 2.76. The molecule has 10 heteroatoms. The summed E-state index contributed by atoms with van der Waals surface area (Å²) in [4.78, 5) is 15.7. The maximum Gasteiger partial charge on any atom is 0.573 e. The molecule has 2 rings (SSSR count). The van der Waals surface area contributed by atoms with E-state index in [0.717, 1.165) is 18.2 Å². The van der Waals surface area contributed by atoms with Gasteiger partial charge in [0.1, 0.15) is 6.33 Å². The smallest absolute Gasteiger partial charge is 0.404 e. The molecule has 0 aliphatic heterocycles. The van der Waals surface area contributed by atoms with Gasteiger partial charge in [-0.05, 0) is 18.2 Å². The monoisotopic (exact) mass is 301 g/mol. The molecule has 2 aromatic rings. The highest BCUT2D eigenvalue weighted by molar-refractivity contribution is 6.04. The second-order valence-electron chi connectivity index (χ2n) is 3.96. The molecule has 21 heavy (non-hydrogen) atoms. The Bertz CT molecular complexity index is 668. The summed E-state index contributed by atoms with van der Waals surface area (Å²) in [5.74, 6) is -0.969. The number of aryl methyl sites for hydroxylation is 1. The fraction of sp³-hybridized carbons (Fsp3) is 0.182. The van der Waals surface area contributed by atoms with Crippen LogP contribution in [0.5, 0.6) is 5.75 Å². The van der Waals surface area contributed by atoms with Gasteiger partial charge in [0.05, 0.1) is 5.69 Å². The van der Waals surface area contributed by atoms with E-state index in [0.29, 0.717) is 0 Å². The summed E-state index contributed by atoms with van der Waals surface area (Å²) in [6.45, 7) is 0. The third-order valence-corrected chi connectivity index (χ3v) is 2.43. The quantitative estimate of drug-likeness (QED) is 0.839. The van der Waals surface area contributed by atoms with E-state index in [-0.39, 0.29) is 17.2 Å². The van der Waals surface area contributed by atoms with Gasteiger partial charge in [0.25, 0.3) is 5.91 Å². The number of nitrogens with two attached hydrogens (primary N) is 1. The van der Waals surface area contributed by atoms with Crippen molar-refractivity contribution in [2.45, 2.75) is 6.36 Å². The van der Waals surface area contributed by atoms with Crippen LogP contribution in [0.25, 0.3) is 0 Å². The Morgan fingerprint density at radius 1 is 1.43 bits per heavy atom. The Morgan fingerprint density at radius 2 is 2.14 bits per heavy atom. The minimum atomic E-state index is -4.85. The van der Waals surface area contributed by atoms with Gasteiger partial charge in [-0.3, -0.25) is 10.1 Å². The van der Waals surface area contributed by atoms with E-state index in [1.54, 1.807) is 7.05 Å². The number of carbonyl (C=O) groups excluding carboxylic acids is 1. The molecule has 112 valence electrons. The topological polar surface area (TPSA) is 95.1 Å². The molecule has 1 amide bonds. The van der Waals surface area contributed by atoms with Crippen molar-refractivity contribution in [1.29, 1.82) is 0 Å². The maximum absolute atomic E-state index is 12.1. The van der Waals surface area contributed by atoms with E-state index in [4.69, 9.17) is 5.73 Å². The van der Waals surface area contributed by atoms with Gasteiger partial charge in [0.2, 0.25) is 5.95 Å². The first kappa shape index (κ1) is 14.6. The molecular formula is C11H10F3N5O2. The highest BCUT2D eigenvalue weighted by atomic mass is 19.4. The van der Waals surface area contributed by atoms with E-state index in [2.05, 4.69) is 20.1 Å². The first-order valence-electron chi connectivity index (χ1n) is 5.57. The van der Waals surface area contributed by atoms with Crippen molar-refractivity contribution in [2.75, 3.05) is 11.1 Å². The Hall–Kier alpha value is -2.78. The molecule has 0 radical (unpaired) electrons. The first-order chi connectivity index (χ1) is 9.76. The van der Waals surface area contributed by atoms with E-state index in [1.807, 2.05) is 0 Å². The second kappa shape index (κ2) is 5.31. The Balaban J connectivity index is 2.16. The molecule has 0 aliphatic rings. The maximum atomic E-state index is 12.1. The van der Waals surface area contributed by atoms with Crippen LogP contribution in [0.3, 0.4) is 0 Å². The van der Waals surface area contributed by atoms with E-state index < -0.39 is 18.0 Å². The van der Waals surface area contributed by atoms with Gasteiger partial charge >= 0.3 is 6.36 Å². The molecule has 0 aliphatic carbocycles. The minimum absolute atomic E-state index is 0.0602. The third kappa shape index (κ3) is 3.61. The number of rotatable bonds is 3. The van der Waals surface area contributed by atoms with Gasteiger partial charge in [-0.1, -0.05) is 0 Å². The van der Waals surface area contributed by atoms with Gasteiger partial charge in [0.15, 0.2) is 5.75 Å². The summed E-state index contributed by atoms with van der Waals surface area (Å²) < 4.78 is 41.3.